The van der Waals surface area contributed by atoms with Gasteiger partial charge in [0.15, 0.2) is 0 Å². The van der Waals surface area contributed by atoms with Crippen LogP contribution in [-0.4, -0.2) is 27.7 Å². The summed E-state index contributed by atoms with van der Waals surface area (Å²) >= 11 is 0. The maximum absolute atomic E-state index is 14.5. The predicted octanol–water partition coefficient (Wildman–Crippen LogP) is 3.13. The molecule has 0 saturated heterocycles. The van der Waals surface area contributed by atoms with E-state index in [4.69, 9.17) is 16.1 Å². The van der Waals surface area contributed by atoms with E-state index in [1.807, 2.05) is 13.0 Å². The highest BCUT2D eigenvalue weighted by atomic mass is 19.1. The molecule has 0 amide bonds. The molecule has 2 rings (SSSR count). The molecule has 0 saturated carbocycles. The Bertz CT molecular complexity index is 819. The van der Waals surface area contributed by atoms with Gasteiger partial charge in [-0.15, -0.1) is 0 Å². The average molecular weight is 371 g/mol. The summed E-state index contributed by atoms with van der Waals surface area (Å²) in [5.41, 5.74) is 8.47. The number of nitrogen functional groups attached to an aromatic ring is 1. The van der Waals surface area contributed by atoms with E-state index in [2.05, 4.69) is 22.2 Å². The van der Waals surface area contributed by atoms with Crippen LogP contribution in [-0.2, 0) is 12.8 Å². The maximum atomic E-state index is 14.5. The first-order chi connectivity index (χ1) is 13.0. The Morgan fingerprint density at radius 2 is 2.15 bits per heavy atom. The number of aliphatic hydroxyl groups excluding tert-OH is 1. The number of aromatic nitrogens is 2. The summed E-state index contributed by atoms with van der Waals surface area (Å²) in [5.74, 6) is 0.420. The van der Waals surface area contributed by atoms with Crippen molar-refractivity contribution in [3.63, 3.8) is 0 Å². The minimum atomic E-state index is -0.350. The summed E-state index contributed by atoms with van der Waals surface area (Å²) in [6.07, 6.45) is 2.85. The molecule has 0 aliphatic heterocycles. The lowest BCUT2D eigenvalue weighted by molar-refractivity contribution is 0.280. The number of anilines is 2. The van der Waals surface area contributed by atoms with E-state index in [9.17, 15) is 4.39 Å². The normalized spacial score (nSPS) is 11.8. The number of aliphatic hydroxyl groups is 1. The molecule has 0 radical (unpaired) electrons. The van der Waals surface area contributed by atoms with Gasteiger partial charge in [0, 0.05) is 30.3 Å². The van der Waals surface area contributed by atoms with Gasteiger partial charge in [0.05, 0.1) is 12.5 Å². The van der Waals surface area contributed by atoms with Crippen molar-refractivity contribution in [2.75, 3.05) is 17.7 Å². The van der Waals surface area contributed by atoms with E-state index in [-0.39, 0.29) is 30.8 Å². The molecular formula is C20H26FN5O. The number of nitrogens with one attached hydrogen (secondary N) is 1. The molecule has 144 valence electrons. The van der Waals surface area contributed by atoms with E-state index in [1.165, 1.54) is 6.07 Å². The fourth-order valence-electron chi connectivity index (χ4n) is 2.98. The van der Waals surface area contributed by atoms with Gasteiger partial charge in [-0.05, 0) is 43.4 Å². The lowest BCUT2D eigenvalue weighted by Crippen LogP contribution is -2.22. The zero-order valence-corrected chi connectivity index (χ0v) is 15.8. The molecule has 7 heteroatoms. The average Bonchev–Trinajstić information content (AvgIpc) is 2.63. The fourth-order valence-corrected chi connectivity index (χ4v) is 2.98. The van der Waals surface area contributed by atoms with Gasteiger partial charge in [0.1, 0.15) is 11.6 Å². The SMILES string of the molecule is CC[C@@H](CCCO)Nc1nc(N)nc(C)c1Cc1ccc(CC#N)cc1F. The third-order valence-corrected chi connectivity index (χ3v) is 4.54. The predicted molar refractivity (Wildman–Crippen MR) is 104 cm³/mol. The highest BCUT2D eigenvalue weighted by Gasteiger charge is 2.16. The Morgan fingerprint density at radius 3 is 2.78 bits per heavy atom. The molecule has 0 fully saturated rings. The van der Waals surface area contributed by atoms with Crippen LogP contribution < -0.4 is 11.1 Å². The summed E-state index contributed by atoms with van der Waals surface area (Å²) in [4.78, 5) is 8.55. The van der Waals surface area contributed by atoms with Gasteiger partial charge in [-0.1, -0.05) is 19.1 Å². The Hall–Kier alpha value is -2.72. The van der Waals surface area contributed by atoms with Crippen molar-refractivity contribution < 1.29 is 9.50 Å². The summed E-state index contributed by atoms with van der Waals surface area (Å²) in [5, 5.41) is 21.2. The van der Waals surface area contributed by atoms with Crippen molar-refractivity contribution in [3.8, 4) is 6.07 Å². The van der Waals surface area contributed by atoms with Crippen molar-refractivity contribution >= 4 is 11.8 Å². The number of aryl methyl sites for hydroxylation is 1. The van der Waals surface area contributed by atoms with Gasteiger partial charge in [0.2, 0.25) is 5.95 Å². The van der Waals surface area contributed by atoms with E-state index in [1.54, 1.807) is 12.1 Å². The molecule has 0 aliphatic carbocycles. The molecule has 0 spiro atoms. The molecule has 1 aromatic heterocycles. The third-order valence-electron chi connectivity index (χ3n) is 4.54. The molecular weight excluding hydrogens is 345 g/mol. The summed E-state index contributed by atoms with van der Waals surface area (Å²) in [6, 6.07) is 7.01. The van der Waals surface area contributed by atoms with E-state index >= 15 is 0 Å². The fraction of sp³-hybridized carbons (Fsp3) is 0.450. The first-order valence-electron chi connectivity index (χ1n) is 9.13. The third kappa shape index (κ3) is 5.63. The molecule has 6 nitrogen and oxygen atoms in total. The number of benzene rings is 1. The van der Waals surface area contributed by atoms with Crippen LogP contribution in [0.15, 0.2) is 18.2 Å². The largest absolute Gasteiger partial charge is 0.396 e. The van der Waals surface area contributed by atoms with Gasteiger partial charge in [-0.3, -0.25) is 0 Å². The molecule has 4 N–H and O–H groups in total. The van der Waals surface area contributed by atoms with E-state index < -0.39 is 0 Å². The van der Waals surface area contributed by atoms with Gasteiger partial charge in [-0.25, -0.2) is 9.37 Å². The quantitative estimate of drug-likeness (QED) is 0.625. The molecule has 27 heavy (non-hydrogen) atoms. The second kappa shape index (κ2) is 9.83. The first kappa shape index (κ1) is 20.6. The summed E-state index contributed by atoms with van der Waals surface area (Å²) in [6.45, 7) is 4.02. The van der Waals surface area contributed by atoms with Gasteiger partial charge in [-0.2, -0.15) is 10.2 Å². The number of nitrogens with two attached hydrogens (primary N) is 1. The number of nitrogens with zero attached hydrogens (tertiary/aromatic N) is 3. The van der Waals surface area contributed by atoms with Crippen LogP contribution in [0.2, 0.25) is 0 Å². The van der Waals surface area contributed by atoms with Crippen LogP contribution in [0.3, 0.4) is 0 Å². The van der Waals surface area contributed by atoms with Crippen LogP contribution in [0, 0.1) is 24.1 Å². The number of halogens is 1. The number of rotatable bonds is 9. The molecule has 1 aromatic carbocycles. The monoisotopic (exact) mass is 371 g/mol. The van der Waals surface area contributed by atoms with Crippen LogP contribution in [0.1, 0.15) is 48.6 Å². The lowest BCUT2D eigenvalue weighted by atomic mass is 10.0. The smallest absolute Gasteiger partial charge is 0.222 e. The topological polar surface area (TPSA) is 108 Å². The lowest BCUT2D eigenvalue weighted by Gasteiger charge is -2.21. The zero-order valence-electron chi connectivity index (χ0n) is 15.8. The van der Waals surface area contributed by atoms with Crippen molar-refractivity contribution in [1.82, 2.24) is 9.97 Å². The standard InChI is InChI=1S/C20H26FN5O/c1-3-16(5-4-10-27)25-19-17(13(2)24-20(23)26-19)12-15-7-6-14(8-9-22)11-18(15)21/h6-7,11,16,27H,3-5,8,10,12H2,1-2H3,(H3,23,24,25,26)/t16-/m0/s1. The Labute approximate surface area is 159 Å². The van der Waals surface area contributed by atoms with Gasteiger partial charge in [0.25, 0.3) is 0 Å². The minimum Gasteiger partial charge on any atom is -0.396 e. The minimum absolute atomic E-state index is 0.132. The zero-order chi connectivity index (χ0) is 19.8. The van der Waals surface area contributed by atoms with Gasteiger partial charge < -0.3 is 16.2 Å². The van der Waals surface area contributed by atoms with Crippen LogP contribution in [0.4, 0.5) is 16.2 Å². The number of nitriles is 1. The highest BCUT2D eigenvalue weighted by Crippen LogP contribution is 2.25. The van der Waals surface area contributed by atoms with Crippen molar-refractivity contribution in [1.29, 1.82) is 5.26 Å². The number of hydrogen-bond acceptors (Lipinski definition) is 6. The van der Waals surface area contributed by atoms with Crippen LogP contribution >= 0.6 is 0 Å². The first-order valence-corrected chi connectivity index (χ1v) is 9.13. The second-order valence-electron chi connectivity index (χ2n) is 6.55. The molecule has 1 atom stereocenters. The number of hydrogen-bond donors (Lipinski definition) is 3. The molecule has 0 bridgehead atoms. The second-order valence-corrected chi connectivity index (χ2v) is 6.55. The van der Waals surface area contributed by atoms with Crippen molar-refractivity contribution in [2.45, 2.75) is 52.0 Å². The van der Waals surface area contributed by atoms with Crippen molar-refractivity contribution in [2.24, 2.45) is 0 Å². The molecule has 2 aromatic rings. The maximum Gasteiger partial charge on any atom is 0.222 e. The van der Waals surface area contributed by atoms with E-state index in [0.29, 0.717) is 35.5 Å². The molecule has 1 heterocycles. The Kier molecular flexibility index (Phi) is 7.50. The molecule has 0 aliphatic rings. The van der Waals surface area contributed by atoms with E-state index in [0.717, 1.165) is 18.4 Å². The molecule has 0 unspecified atom stereocenters. The highest BCUT2D eigenvalue weighted by molar-refractivity contribution is 5.52. The van der Waals surface area contributed by atoms with Crippen molar-refractivity contribution in [3.05, 3.63) is 46.4 Å². The van der Waals surface area contributed by atoms with Crippen LogP contribution in [0.5, 0.6) is 0 Å². The van der Waals surface area contributed by atoms with Crippen LogP contribution in [0.25, 0.3) is 0 Å². The Balaban J connectivity index is 2.32. The summed E-state index contributed by atoms with van der Waals surface area (Å²) in [7, 11) is 0. The van der Waals surface area contributed by atoms with Gasteiger partial charge >= 0.3 is 0 Å². The Morgan fingerprint density at radius 1 is 1.37 bits per heavy atom. The summed E-state index contributed by atoms with van der Waals surface area (Å²) < 4.78 is 14.5.